The summed E-state index contributed by atoms with van der Waals surface area (Å²) in [4.78, 5) is 15.8. The Balaban J connectivity index is 0.00000225. The highest BCUT2D eigenvalue weighted by Gasteiger charge is 2.17. The lowest BCUT2D eigenvalue weighted by Gasteiger charge is -2.18. The molecule has 30 heavy (non-hydrogen) atoms. The van der Waals surface area contributed by atoms with E-state index in [4.69, 9.17) is 15.8 Å². The number of carboxylic acids is 1. The molecule has 0 radical (unpaired) electrons. The molecule has 4 nitrogen and oxygen atoms in total. The van der Waals surface area contributed by atoms with E-state index in [0.717, 1.165) is 51.3 Å². The molecule has 6 heteroatoms. The summed E-state index contributed by atoms with van der Waals surface area (Å²) in [5.74, 6) is -0.495. The molecule has 0 saturated carbocycles. The van der Waals surface area contributed by atoms with Crippen LogP contribution in [0.15, 0.2) is 48.5 Å². The van der Waals surface area contributed by atoms with Gasteiger partial charge < -0.3 is 10.8 Å². The minimum absolute atomic E-state index is 0. The molecule has 160 valence electrons. The summed E-state index contributed by atoms with van der Waals surface area (Å²) in [5, 5.41) is 9.92. The fourth-order valence-corrected chi connectivity index (χ4v) is 3.47. The third-order valence-electron chi connectivity index (χ3n) is 4.76. The summed E-state index contributed by atoms with van der Waals surface area (Å²) < 4.78 is 0. The maximum atomic E-state index is 10.9. The highest BCUT2D eigenvalue weighted by atomic mass is 35.5. The number of carbonyl (C=O) groups is 1. The standard InChI is InChI=1S/C24H26N2O2.2ClH/c1-15(2)12-22-20(14-25)24(18-8-4-16(3)5-9-18)19-13-17(7-11-23(27)28)6-10-21(19)26-22;;/h4-11,13,15H,12,14,25H2,1-3H3,(H,27,28);2*1H. The van der Waals surface area contributed by atoms with E-state index in [1.807, 2.05) is 18.2 Å². The highest BCUT2D eigenvalue weighted by Crippen LogP contribution is 2.34. The van der Waals surface area contributed by atoms with Crippen molar-refractivity contribution in [2.45, 2.75) is 33.7 Å². The molecule has 0 fully saturated rings. The maximum Gasteiger partial charge on any atom is 0.328 e. The van der Waals surface area contributed by atoms with Gasteiger partial charge in [-0.25, -0.2) is 4.79 Å². The van der Waals surface area contributed by atoms with Gasteiger partial charge in [0, 0.05) is 23.7 Å². The van der Waals surface area contributed by atoms with Gasteiger partial charge in [0.15, 0.2) is 0 Å². The smallest absolute Gasteiger partial charge is 0.328 e. The molecule has 0 atom stereocenters. The lowest BCUT2D eigenvalue weighted by atomic mass is 9.90. The summed E-state index contributed by atoms with van der Waals surface area (Å²) in [6.07, 6.45) is 3.62. The van der Waals surface area contributed by atoms with Gasteiger partial charge in [0.25, 0.3) is 0 Å². The Labute approximate surface area is 190 Å². The van der Waals surface area contributed by atoms with Crippen molar-refractivity contribution in [3.05, 3.63) is 70.9 Å². The Morgan fingerprint density at radius 1 is 1.13 bits per heavy atom. The predicted octanol–water partition coefficient (Wildman–Crippen LogP) is 5.81. The topological polar surface area (TPSA) is 76.2 Å². The van der Waals surface area contributed by atoms with Crippen LogP contribution < -0.4 is 5.73 Å². The normalized spacial score (nSPS) is 10.8. The number of hydrogen-bond acceptors (Lipinski definition) is 3. The van der Waals surface area contributed by atoms with Gasteiger partial charge in [0.05, 0.1) is 5.52 Å². The van der Waals surface area contributed by atoms with Gasteiger partial charge >= 0.3 is 5.97 Å². The van der Waals surface area contributed by atoms with E-state index >= 15 is 0 Å². The van der Waals surface area contributed by atoms with Crippen LogP contribution in [0.5, 0.6) is 0 Å². The van der Waals surface area contributed by atoms with Gasteiger partial charge in [-0.05, 0) is 59.7 Å². The average Bonchev–Trinajstić information content (AvgIpc) is 2.65. The van der Waals surface area contributed by atoms with Crippen LogP contribution in [-0.4, -0.2) is 16.1 Å². The minimum atomic E-state index is -0.966. The van der Waals surface area contributed by atoms with E-state index in [-0.39, 0.29) is 24.8 Å². The molecule has 3 N–H and O–H groups in total. The first kappa shape index (κ1) is 25.6. The lowest BCUT2D eigenvalue weighted by molar-refractivity contribution is -0.131. The maximum absolute atomic E-state index is 10.9. The zero-order chi connectivity index (χ0) is 20.3. The zero-order valence-corrected chi connectivity index (χ0v) is 19.0. The molecule has 0 aliphatic rings. The summed E-state index contributed by atoms with van der Waals surface area (Å²) >= 11 is 0. The van der Waals surface area contributed by atoms with Crippen LogP contribution in [-0.2, 0) is 17.8 Å². The Kier molecular flexibility index (Phi) is 9.50. The average molecular weight is 447 g/mol. The molecule has 1 heterocycles. The van der Waals surface area contributed by atoms with Crippen LogP contribution in [0, 0.1) is 12.8 Å². The largest absolute Gasteiger partial charge is 0.478 e. The minimum Gasteiger partial charge on any atom is -0.478 e. The van der Waals surface area contributed by atoms with Gasteiger partial charge in [0.2, 0.25) is 0 Å². The van der Waals surface area contributed by atoms with Crippen molar-refractivity contribution < 1.29 is 9.90 Å². The van der Waals surface area contributed by atoms with E-state index < -0.39 is 5.97 Å². The Hall–Kier alpha value is -2.40. The second-order valence-electron chi connectivity index (χ2n) is 7.53. The molecule has 0 amide bonds. The van der Waals surface area contributed by atoms with E-state index in [1.165, 1.54) is 5.56 Å². The second-order valence-corrected chi connectivity index (χ2v) is 7.53. The highest BCUT2D eigenvalue weighted by molar-refractivity contribution is 5.98. The van der Waals surface area contributed by atoms with Crippen LogP contribution in [0.3, 0.4) is 0 Å². The second kappa shape index (κ2) is 11.1. The number of carboxylic acid groups (broad SMARTS) is 1. The van der Waals surface area contributed by atoms with Crippen molar-refractivity contribution in [3.63, 3.8) is 0 Å². The molecule has 0 aliphatic carbocycles. The molecular weight excluding hydrogens is 419 g/mol. The van der Waals surface area contributed by atoms with Crippen LogP contribution in [0.1, 0.15) is 36.2 Å². The fraction of sp³-hybridized carbons (Fsp3) is 0.250. The van der Waals surface area contributed by atoms with Crippen LogP contribution in [0.25, 0.3) is 28.1 Å². The van der Waals surface area contributed by atoms with Crippen molar-refractivity contribution in [1.29, 1.82) is 0 Å². The number of nitrogens with zero attached hydrogens (tertiary/aromatic N) is 1. The number of hydrogen-bond donors (Lipinski definition) is 2. The molecule has 0 saturated heterocycles. The molecule has 0 spiro atoms. The lowest BCUT2D eigenvalue weighted by Crippen LogP contribution is -2.10. The van der Waals surface area contributed by atoms with Crippen molar-refractivity contribution in [3.8, 4) is 11.1 Å². The van der Waals surface area contributed by atoms with Gasteiger partial charge in [-0.2, -0.15) is 0 Å². The van der Waals surface area contributed by atoms with Gasteiger partial charge in [-0.3, -0.25) is 4.98 Å². The van der Waals surface area contributed by atoms with Crippen LogP contribution in [0.4, 0.5) is 0 Å². The quantitative estimate of drug-likeness (QED) is 0.468. The molecule has 0 bridgehead atoms. The summed E-state index contributed by atoms with van der Waals surface area (Å²) in [5.41, 5.74) is 13.4. The molecule has 0 aliphatic heterocycles. The summed E-state index contributed by atoms with van der Waals surface area (Å²) in [7, 11) is 0. The van der Waals surface area contributed by atoms with Gasteiger partial charge in [-0.1, -0.05) is 49.7 Å². The number of aliphatic carboxylic acids is 1. The van der Waals surface area contributed by atoms with Gasteiger partial charge in [0.1, 0.15) is 0 Å². The number of aryl methyl sites for hydroxylation is 1. The van der Waals surface area contributed by atoms with Crippen molar-refractivity contribution >= 4 is 47.8 Å². The van der Waals surface area contributed by atoms with Crippen LogP contribution in [0.2, 0.25) is 0 Å². The molecule has 3 rings (SSSR count). The molecule has 3 aromatic rings. The fourth-order valence-electron chi connectivity index (χ4n) is 3.47. The van der Waals surface area contributed by atoms with Crippen LogP contribution >= 0.6 is 24.8 Å². The van der Waals surface area contributed by atoms with E-state index in [0.29, 0.717) is 12.5 Å². The third kappa shape index (κ3) is 5.82. The number of aromatic nitrogens is 1. The first-order valence-corrected chi connectivity index (χ1v) is 9.52. The monoisotopic (exact) mass is 446 g/mol. The molecular formula is C24H28Cl2N2O2. The van der Waals surface area contributed by atoms with Crippen molar-refractivity contribution in [2.24, 2.45) is 11.7 Å². The molecule has 0 unspecified atom stereocenters. The predicted molar refractivity (Wildman–Crippen MR) is 130 cm³/mol. The SMILES string of the molecule is Cc1ccc(-c2c(CN)c(CC(C)C)nc3ccc(C=CC(=O)O)cc23)cc1.Cl.Cl. The number of benzene rings is 2. The third-order valence-corrected chi connectivity index (χ3v) is 4.76. The van der Waals surface area contributed by atoms with Crippen molar-refractivity contribution in [2.75, 3.05) is 0 Å². The Morgan fingerprint density at radius 3 is 2.37 bits per heavy atom. The van der Waals surface area contributed by atoms with E-state index in [9.17, 15) is 4.79 Å². The van der Waals surface area contributed by atoms with E-state index in [2.05, 4.69) is 45.0 Å². The Bertz CT molecular complexity index is 1050. The molecule has 2 aromatic carbocycles. The van der Waals surface area contributed by atoms with E-state index in [1.54, 1.807) is 6.08 Å². The van der Waals surface area contributed by atoms with Gasteiger partial charge in [-0.15, -0.1) is 24.8 Å². The van der Waals surface area contributed by atoms with Crippen molar-refractivity contribution in [1.82, 2.24) is 4.98 Å². The first-order valence-electron chi connectivity index (χ1n) is 9.52. The summed E-state index contributed by atoms with van der Waals surface area (Å²) in [6, 6.07) is 14.3. The number of pyridine rings is 1. The number of halogens is 2. The first-order chi connectivity index (χ1) is 13.4. The number of fused-ring (bicyclic) bond motifs is 1. The molecule has 1 aromatic heterocycles. The zero-order valence-electron chi connectivity index (χ0n) is 17.4. The Morgan fingerprint density at radius 2 is 1.80 bits per heavy atom. The summed E-state index contributed by atoms with van der Waals surface area (Å²) in [6.45, 7) is 6.83. The number of rotatable bonds is 6. The number of nitrogens with two attached hydrogens (primary N) is 1.